The zero-order valence-corrected chi connectivity index (χ0v) is 16.8. The van der Waals surface area contributed by atoms with E-state index in [2.05, 4.69) is 30.6 Å². The van der Waals surface area contributed by atoms with Crippen LogP contribution in [0.25, 0.3) is 0 Å². The quantitative estimate of drug-likeness (QED) is 0.612. The lowest BCUT2D eigenvalue weighted by Gasteiger charge is -2.15. The van der Waals surface area contributed by atoms with E-state index in [-0.39, 0.29) is 12.1 Å². The van der Waals surface area contributed by atoms with E-state index >= 15 is 0 Å². The molecule has 2 N–H and O–H groups in total. The molecule has 2 atom stereocenters. The minimum absolute atomic E-state index is 0.0120. The highest BCUT2D eigenvalue weighted by molar-refractivity contribution is 7.11. The molecule has 0 fully saturated rings. The molecule has 0 aliphatic heterocycles. The van der Waals surface area contributed by atoms with E-state index < -0.39 is 0 Å². The number of hydrogen-bond acceptors (Lipinski definition) is 8. The Bertz CT molecular complexity index is 862. The van der Waals surface area contributed by atoms with Gasteiger partial charge in [-0.2, -0.15) is 4.98 Å². The van der Waals surface area contributed by atoms with Crippen LogP contribution >= 0.6 is 34.3 Å². The van der Waals surface area contributed by atoms with E-state index in [1.54, 1.807) is 28.9 Å². The van der Waals surface area contributed by atoms with Gasteiger partial charge in [0.05, 0.1) is 18.3 Å². The fraction of sp³-hybridized carbons (Fsp3) is 0.375. The monoisotopic (exact) mass is 394 g/mol. The SMILES string of the molecule is Cc1cnc([C@H](C)Nc2ncc(Cl)c(N[C@@H](C)c3ncc(C)s3)n2)s1. The zero-order chi connectivity index (χ0) is 18.0. The average molecular weight is 395 g/mol. The van der Waals surface area contributed by atoms with Crippen molar-refractivity contribution >= 4 is 46.0 Å². The Morgan fingerprint density at radius 2 is 1.44 bits per heavy atom. The zero-order valence-electron chi connectivity index (χ0n) is 14.4. The predicted octanol–water partition coefficient (Wildman–Crippen LogP) is 5.01. The van der Waals surface area contributed by atoms with Crippen molar-refractivity contribution in [1.82, 2.24) is 19.9 Å². The van der Waals surface area contributed by atoms with Crippen LogP contribution in [-0.2, 0) is 0 Å². The highest BCUT2D eigenvalue weighted by Crippen LogP contribution is 2.28. The topological polar surface area (TPSA) is 75.6 Å². The molecule has 0 saturated heterocycles. The van der Waals surface area contributed by atoms with E-state index in [0.29, 0.717) is 16.8 Å². The molecular formula is C16H19ClN6S2. The molecule has 0 aliphatic carbocycles. The molecular weight excluding hydrogens is 376 g/mol. The number of thiazole rings is 2. The minimum Gasteiger partial charge on any atom is -0.360 e. The first-order chi connectivity index (χ1) is 11.9. The van der Waals surface area contributed by atoms with Crippen LogP contribution < -0.4 is 10.6 Å². The molecule has 0 saturated carbocycles. The van der Waals surface area contributed by atoms with Crippen molar-refractivity contribution in [3.05, 3.63) is 43.4 Å². The first-order valence-electron chi connectivity index (χ1n) is 7.82. The number of halogens is 1. The van der Waals surface area contributed by atoms with E-state index in [4.69, 9.17) is 11.6 Å². The van der Waals surface area contributed by atoms with Crippen LogP contribution in [0.5, 0.6) is 0 Å². The third-order valence-corrected chi connectivity index (χ3v) is 5.93. The van der Waals surface area contributed by atoms with Crippen LogP contribution in [0.3, 0.4) is 0 Å². The van der Waals surface area contributed by atoms with Gasteiger partial charge in [0.2, 0.25) is 5.95 Å². The molecule has 0 radical (unpaired) electrons. The molecule has 6 nitrogen and oxygen atoms in total. The third kappa shape index (κ3) is 4.45. The van der Waals surface area contributed by atoms with Crippen LogP contribution in [0, 0.1) is 13.8 Å². The smallest absolute Gasteiger partial charge is 0.225 e. The van der Waals surface area contributed by atoms with E-state index in [0.717, 1.165) is 10.0 Å². The van der Waals surface area contributed by atoms with Gasteiger partial charge < -0.3 is 10.6 Å². The number of nitrogens with zero attached hydrogens (tertiary/aromatic N) is 4. The van der Waals surface area contributed by atoms with Crippen LogP contribution in [0.15, 0.2) is 18.6 Å². The number of rotatable bonds is 6. The largest absolute Gasteiger partial charge is 0.360 e. The number of aryl methyl sites for hydroxylation is 2. The van der Waals surface area contributed by atoms with Crippen molar-refractivity contribution in [2.75, 3.05) is 10.6 Å². The lowest BCUT2D eigenvalue weighted by Crippen LogP contribution is -2.12. The normalized spacial score (nSPS) is 13.5. The summed E-state index contributed by atoms with van der Waals surface area (Å²) in [7, 11) is 0. The molecule has 0 amide bonds. The van der Waals surface area contributed by atoms with Gasteiger partial charge in [-0.15, -0.1) is 22.7 Å². The molecule has 132 valence electrons. The lowest BCUT2D eigenvalue weighted by molar-refractivity contribution is 0.836. The van der Waals surface area contributed by atoms with Crippen molar-refractivity contribution in [1.29, 1.82) is 0 Å². The standard InChI is InChI=1S/C16H19ClN6S2/c1-8-5-18-14(24-8)10(3)21-13-12(17)7-20-16(23-13)22-11(4)15-19-6-9(2)25-15/h5-7,10-11H,1-4H3,(H2,20,21,22,23)/t10-,11-/m0/s1. The number of hydrogen-bond donors (Lipinski definition) is 2. The second kappa shape index (κ2) is 7.63. The fourth-order valence-electron chi connectivity index (χ4n) is 2.20. The molecule has 25 heavy (non-hydrogen) atoms. The summed E-state index contributed by atoms with van der Waals surface area (Å²) in [4.78, 5) is 19.9. The van der Waals surface area contributed by atoms with Gasteiger partial charge in [-0.05, 0) is 27.7 Å². The van der Waals surface area contributed by atoms with Crippen LogP contribution in [-0.4, -0.2) is 19.9 Å². The molecule has 3 aromatic heterocycles. The Morgan fingerprint density at radius 3 is 1.96 bits per heavy atom. The van der Waals surface area contributed by atoms with Gasteiger partial charge in [0, 0.05) is 22.1 Å². The van der Waals surface area contributed by atoms with Crippen LogP contribution in [0.4, 0.5) is 11.8 Å². The Kier molecular flexibility index (Phi) is 5.51. The molecule has 9 heteroatoms. The van der Waals surface area contributed by atoms with Gasteiger partial charge in [-0.3, -0.25) is 0 Å². The average Bonchev–Trinajstić information content (AvgIpc) is 3.19. The fourth-order valence-corrected chi connectivity index (χ4v) is 3.90. The maximum atomic E-state index is 6.25. The van der Waals surface area contributed by atoms with Gasteiger partial charge in [-0.1, -0.05) is 11.6 Å². The number of aromatic nitrogens is 4. The van der Waals surface area contributed by atoms with Gasteiger partial charge in [0.25, 0.3) is 0 Å². The maximum Gasteiger partial charge on any atom is 0.225 e. The van der Waals surface area contributed by atoms with E-state index in [9.17, 15) is 0 Å². The van der Waals surface area contributed by atoms with Crippen LogP contribution in [0.1, 0.15) is 45.7 Å². The summed E-state index contributed by atoms with van der Waals surface area (Å²) in [5.41, 5.74) is 0. The molecule has 0 bridgehead atoms. The second-order valence-electron chi connectivity index (χ2n) is 5.74. The van der Waals surface area contributed by atoms with E-state index in [1.807, 2.05) is 40.1 Å². The third-order valence-electron chi connectivity index (χ3n) is 3.46. The highest BCUT2D eigenvalue weighted by atomic mass is 35.5. The molecule has 3 heterocycles. The Labute approximate surface area is 159 Å². The first kappa shape index (κ1) is 18.0. The number of anilines is 2. The lowest BCUT2D eigenvalue weighted by atomic mass is 10.3. The summed E-state index contributed by atoms with van der Waals surface area (Å²) in [6.07, 6.45) is 5.33. The van der Waals surface area contributed by atoms with Crippen molar-refractivity contribution < 1.29 is 0 Å². The summed E-state index contributed by atoms with van der Waals surface area (Å²) in [5.74, 6) is 1.09. The predicted molar refractivity (Wildman–Crippen MR) is 105 cm³/mol. The number of nitrogens with one attached hydrogen (secondary N) is 2. The molecule has 0 spiro atoms. The molecule has 3 aromatic rings. The summed E-state index contributed by atoms with van der Waals surface area (Å²) in [6.45, 7) is 8.14. The molecule has 0 unspecified atom stereocenters. The Balaban J connectivity index is 1.73. The van der Waals surface area contributed by atoms with Crippen molar-refractivity contribution in [2.24, 2.45) is 0 Å². The van der Waals surface area contributed by atoms with Crippen molar-refractivity contribution in [2.45, 2.75) is 39.8 Å². The first-order valence-corrected chi connectivity index (χ1v) is 9.83. The Morgan fingerprint density at radius 1 is 0.880 bits per heavy atom. The van der Waals surface area contributed by atoms with Crippen LogP contribution in [0.2, 0.25) is 5.02 Å². The summed E-state index contributed by atoms with van der Waals surface area (Å²) in [5, 5.41) is 9.05. The summed E-state index contributed by atoms with van der Waals surface area (Å²) < 4.78 is 0. The summed E-state index contributed by atoms with van der Waals surface area (Å²) >= 11 is 9.55. The molecule has 3 rings (SSSR count). The highest BCUT2D eigenvalue weighted by Gasteiger charge is 2.15. The maximum absolute atomic E-state index is 6.25. The van der Waals surface area contributed by atoms with Gasteiger partial charge in [-0.25, -0.2) is 15.0 Å². The minimum atomic E-state index is 0.0120. The van der Waals surface area contributed by atoms with Crippen molar-refractivity contribution in [3.8, 4) is 0 Å². The summed E-state index contributed by atoms with van der Waals surface area (Å²) in [6, 6.07) is 0.0322. The molecule has 0 aromatic carbocycles. The van der Waals surface area contributed by atoms with Gasteiger partial charge in [0.1, 0.15) is 15.0 Å². The van der Waals surface area contributed by atoms with E-state index in [1.165, 1.54) is 9.75 Å². The molecule has 0 aliphatic rings. The van der Waals surface area contributed by atoms with Gasteiger partial charge in [0.15, 0.2) is 5.82 Å². The van der Waals surface area contributed by atoms with Crippen molar-refractivity contribution in [3.63, 3.8) is 0 Å². The van der Waals surface area contributed by atoms with Gasteiger partial charge >= 0.3 is 0 Å². The second-order valence-corrected chi connectivity index (χ2v) is 8.68. The Hall–Kier alpha value is -1.77.